The van der Waals surface area contributed by atoms with E-state index in [0.29, 0.717) is 38.1 Å². The lowest BCUT2D eigenvalue weighted by atomic mass is 10.1. The number of hydrogen-bond acceptors (Lipinski definition) is 5. The van der Waals surface area contributed by atoms with Crippen molar-refractivity contribution in [1.82, 2.24) is 14.7 Å². The molecule has 2 aromatic carbocycles. The normalized spacial score (nSPS) is 12.5. The third-order valence-electron chi connectivity index (χ3n) is 5.60. The minimum Gasteiger partial charge on any atom is -0.436 e. The predicted octanol–water partition coefficient (Wildman–Crippen LogP) is 5.65. The van der Waals surface area contributed by atoms with Crippen LogP contribution in [0.2, 0.25) is 0 Å². The molecule has 0 fully saturated rings. The summed E-state index contributed by atoms with van der Waals surface area (Å²) in [6, 6.07) is 16.3. The second kappa shape index (κ2) is 13.4. The molecule has 0 aliphatic heterocycles. The number of para-hydroxylation sites is 1. The summed E-state index contributed by atoms with van der Waals surface area (Å²) in [5, 5.41) is 15.4. The molecule has 3 aromatic rings. The molecule has 6 nitrogen and oxygen atoms in total. The largest absolute Gasteiger partial charge is 0.436 e. The molecule has 0 saturated heterocycles. The van der Waals surface area contributed by atoms with Gasteiger partial charge in [0, 0.05) is 38.9 Å². The Labute approximate surface area is 208 Å². The molecule has 0 bridgehead atoms. The second-order valence-electron chi connectivity index (χ2n) is 9.32. The Morgan fingerprint density at radius 3 is 2.46 bits per heavy atom. The molecule has 0 aliphatic carbocycles. The van der Waals surface area contributed by atoms with E-state index < -0.39 is 11.9 Å². The smallest absolute Gasteiger partial charge is 0.222 e. The zero-order valence-electron chi connectivity index (χ0n) is 21.3. The van der Waals surface area contributed by atoms with Gasteiger partial charge in [-0.25, -0.2) is 9.07 Å². The van der Waals surface area contributed by atoms with E-state index >= 15 is 0 Å². The van der Waals surface area contributed by atoms with E-state index in [1.54, 1.807) is 29.9 Å². The lowest BCUT2D eigenvalue weighted by Crippen LogP contribution is -2.37. The molecule has 35 heavy (non-hydrogen) atoms. The van der Waals surface area contributed by atoms with Crippen LogP contribution in [0.4, 0.5) is 4.39 Å². The highest BCUT2D eigenvalue weighted by Crippen LogP contribution is 2.35. The lowest BCUT2D eigenvalue weighted by Gasteiger charge is -2.27. The number of unbranched alkanes of at least 4 members (excludes halogenated alkanes) is 1. The number of aliphatic hydroxyl groups is 1. The van der Waals surface area contributed by atoms with Gasteiger partial charge < -0.3 is 14.6 Å². The van der Waals surface area contributed by atoms with Gasteiger partial charge in [0.15, 0.2) is 11.6 Å². The third kappa shape index (κ3) is 7.88. The van der Waals surface area contributed by atoms with E-state index in [4.69, 9.17) is 14.6 Å². The van der Waals surface area contributed by atoms with Crippen LogP contribution in [0.5, 0.6) is 11.6 Å². The summed E-state index contributed by atoms with van der Waals surface area (Å²) in [5.41, 5.74) is 2.58. The maximum Gasteiger partial charge on any atom is 0.222 e. The van der Waals surface area contributed by atoms with Crippen LogP contribution in [-0.4, -0.2) is 52.2 Å². The number of rotatable bonds is 14. The summed E-state index contributed by atoms with van der Waals surface area (Å²) in [5.74, 6) is 0.586. The minimum absolute atomic E-state index is 0.149. The molecule has 0 spiro atoms. The molecular weight excluding hydrogens is 445 g/mol. The average molecular weight is 484 g/mol. The molecule has 1 N–H and O–H groups in total. The number of benzene rings is 2. The Morgan fingerprint density at radius 1 is 1.06 bits per heavy atom. The Kier molecular flexibility index (Phi) is 10.3. The minimum atomic E-state index is -0.613. The van der Waals surface area contributed by atoms with Gasteiger partial charge in [-0.05, 0) is 24.5 Å². The molecule has 3 rings (SSSR count). The van der Waals surface area contributed by atoms with Gasteiger partial charge in [0.25, 0.3) is 0 Å². The van der Waals surface area contributed by atoms with Crippen molar-refractivity contribution < 1.29 is 19.0 Å². The van der Waals surface area contributed by atoms with Crippen LogP contribution < -0.4 is 4.74 Å². The Hall–Kier alpha value is -2.74. The highest BCUT2D eigenvalue weighted by atomic mass is 19.1. The second-order valence-corrected chi connectivity index (χ2v) is 9.32. The first kappa shape index (κ1) is 26.9. The summed E-state index contributed by atoms with van der Waals surface area (Å²) in [7, 11) is 1.80. The van der Waals surface area contributed by atoms with Crippen LogP contribution in [0.3, 0.4) is 0 Å². The topological polar surface area (TPSA) is 59.8 Å². The van der Waals surface area contributed by atoms with E-state index in [2.05, 4.69) is 25.7 Å². The van der Waals surface area contributed by atoms with Gasteiger partial charge in [0.05, 0.1) is 18.3 Å². The third-order valence-corrected chi connectivity index (χ3v) is 5.60. The van der Waals surface area contributed by atoms with Crippen molar-refractivity contribution in [3.05, 3.63) is 66.0 Å². The van der Waals surface area contributed by atoms with E-state index in [1.807, 2.05) is 30.3 Å². The van der Waals surface area contributed by atoms with Gasteiger partial charge in [-0.2, -0.15) is 5.10 Å². The van der Waals surface area contributed by atoms with E-state index in [9.17, 15) is 9.50 Å². The van der Waals surface area contributed by atoms with Gasteiger partial charge in [-0.3, -0.25) is 4.90 Å². The van der Waals surface area contributed by atoms with Crippen LogP contribution in [0.1, 0.15) is 39.2 Å². The van der Waals surface area contributed by atoms with Crippen molar-refractivity contribution in [2.45, 2.75) is 46.3 Å². The number of nitrogens with zero attached hydrogens (tertiary/aromatic N) is 3. The quantitative estimate of drug-likeness (QED) is 0.300. The molecule has 7 heteroatoms. The monoisotopic (exact) mass is 483 g/mol. The Morgan fingerprint density at radius 2 is 1.77 bits per heavy atom. The zero-order valence-corrected chi connectivity index (χ0v) is 21.3. The summed E-state index contributed by atoms with van der Waals surface area (Å²) in [4.78, 5) is 2.19. The number of aromatic nitrogens is 2. The Bertz CT molecular complexity index is 1040. The fourth-order valence-electron chi connectivity index (χ4n) is 4.04. The van der Waals surface area contributed by atoms with E-state index in [1.165, 1.54) is 6.07 Å². The van der Waals surface area contributed by atoms with E-state index in [-0.39, 0.29) is 5.75 Å². The number of halogens is 1. The van der Waals surface area contributed by atoms with Gasteiger partial charge in [-0.15, -0.1) is 0 Å². The van der Waals surface area contributed by atoms with Crippen molar-refractivity contribution in [2.24, 2.45) is 13.0 Å². The van der Waals surface area contributed by atoms with Crippen molar-refractivity contribution >= 4 is 0 Å². The fraction of sp³-hybridized carbons (Fsp3) is 0.464. The van der Waals surface area contributed by atoms with Gasteiger partial charge in [-0.1, -0.05) is 69.7 Å². The van der Waals surface area contributed by atoms with Crippen LogP contribution >= 0.6 is 0 Å². The van der Waals surface area contributed by atoms with Crippen LogP contribution in [-0.2, 0) is 18.3 Å². The average Bonchev–Trinajstić information content (AvgIpc) is 3.13. The van der Waals surface area contributed by atoms with Crippen molar-refractivity contribution in [3.63, 3.8) is 0 Å². The molecule has 0 saturated carbocycles. The predicted molar refractivity (Wildman–Crippen MR) is 137 cm³/mol. The molecule has 1 atom stereocenters. The van der Waals surface area contributed by atoms with Crippen molar-refractivity contribution in [1.29, 1.82) is 0 Å². The first-order valence-corrected chi connectivity index (χ1v) is 12.4. The molecule has 190 valence electrons. The van der Waals surface area contributed by atoms with Crippen LogP contribution in [0.15, 0.2) is 54.6 Å². The number of ether oxygens (including phenoxy) is 2. The number of hydrogen-bond donors (Lipinski definition) is 1. The maximum atomic E-state index is 14.4. The Balaban J connectivity index is 1.91. The summed E-state index contributed by atoms with van der Waals surface area (Å²) in [6.45, 7) is 9.08. The molecule has 1 unspecified atom stereocenters. The first-order valence-electron chi connectivity index (χ1n) is 12.4. The summed E-state index contributed by atoms with van der Waals surface area (Å²) in [6.07, 6.45) is 1.43. The van der Waals surface area contributed by atoms with Gasteiger partial charge in [0.2, 0.25) is 5.88 Å². The molecule has 1 aromatic heterocycles. The van der Waals surface area contributed by atoms with Crippen LogP contribution in [0, 0.1) is 11.7 Å². The molecule has 0 amide bonds. The molecule has 0 radical (unpaired) electrons. The SMILES string of the molecule is CCCCOCC(O)CN(Cc1c(-c2ccccc2)nn(C)c1Oc1ccccc1F)CC(C)C. The van der Waals surface area contributed by atoms with Crippen molar-refractivity contribution in [3.8, 4) is 22.9 Å². The fourth-order valence-corrected chi connectivity index (χ4v) is 4.04. The zero-order chi connectivity index (χ0) is 25.2. The van der Waals surface area contributed by atoms with Crippen molar-refractivity contribution in [2.75, 3.05) is 26.3 Å². The number of aliphatic hydroxyl groups excluding tert-OH is 1. The maximum absolute atomic E-state index is 14.4. The van der Waals surface area contributed by atoms with E-state index in [0.717, 1.165) is 36.2 Å². The van der Waals surface area contributed by atoms with Gasteiger partial charge >= 0.3 is 0 Å². The highest BCUT2D eigenvalue weighted by molar-refractivity contribution is 5.65. The molecule has 0 aliphatic rings. The summed E-state index contributed by atoms with van der Waals surface area (Å²) < 4.78 is 27.8. The standard InChI is InChI=1S/C28H38FN3O3/c1-5-6-16-34-20-23(33)18-32(17-21(2)3)19-24-27(22-12-8-7-9-13-22)30-31(4)28(24)35-26-15-11-10-14-25(26)29/h7-15,21,23,33H,5-6,16-20H2,1-4H3. The van der Waals surface area contributed by atoms with Crippen LogP contribution in [0.25, 0.3) is 11.3 Å². The molecule has 1 heterocycles. The number of aryl methyl sites for hydroxylation is 1. The summed E-state index contributed by atoms with van der Waals surface area (Å²) >= 11 is 0. The highest BCUT2D eigenvalue weighted by Gasteiger charge is 2.24. The van der Waals surface area contributed by atoms with Gasteiger partial charge in [0.1, 0.15) is 5.69 Å². The lowest BCUT2D eigenvalue weighted by molar-refractivity contribution is 0.0124. The molecular formula is C28H38FN3O3. The first-order chi connectivity index (χ1) is 16.9.